The number of benzene rings is 2. The summed E-state index contributed by atoms with van der Waals surface area (Å²) in [5.74, 6) is -0.328. The molecule has 0 fully saturated rings. The lowest BCUT2D eigenvalue weighted by Gasteiger charge is -2.18. The van der Waals surface area contributed by atoms with Crippen LogP contribution in [0.3, 0.4) is 0 Å². The Kier molecular flexibility index (Phi) is 6.61. The molecule has 5 nitrogen and oxygen atoms in total. The van der Waals surface area contributed by atoms with Crippen LogP contribution < -0.4 is 4.72 Å². The Morgan fingerprint density at radius 3 is 2.26 bits per heavy atom. The molecule has 0 heterocycles. The van der Waals surface area contributed by atoms with E-state index in [1.807, 2.05) is 30.3 Å². The minimum atomic E-state index is -4.79. The van der Waals surface area contributed by atoms with Crippen molar-refractivity contribution >= 4 is 15.9 Å². The van der Waals surface area contributed by atoms with Crippen LogP contribution in [0.25, 0.3) is 0 Å². The van der Waals surface area contributed by atoms with E-state index < -0.39 is 26.7 Å². The van der Waals surface area contributed by atoms with E-state index in [1.165, 1.54) is 11.0 Å². The first kappa shape index (κ1) is 20.9. The third kappa shape index (κ3) is 5.80. The third-order valence-electron chi connectivity index (χ3n) is 3.80. The van der Waals surface area contributed by atoms with Crippen molar-refractivity contribution in [2.24, 2.45) is 0 Å². The van der Waals surface area contributed by atoms with Crippen molar-refractivity contribution in [3.63, 3.8) is 0 Å². The molecule has 1 N–H and O–H groups in total. The zero-order valence-corrected chi connectivity index (χ0v) is 15.3. The second kappa shape index (κ2) is 8.53. The fourth-order valence-electron chi connectivity index (χ4n) is 2.44. The molecule has 0 aliphatic carbocycles. The Labute approximate surface area is 155 Å². The van der Waals surface area contributed by atoms with Gasteiger partial charge >= 0.3 is 6.18 Å². The predicted octanol–water partition coefficient (Wildman–Crippen LogP) is 3.03. The Morgan fingerprint density at radius 1 is 1.04 bits per heavy atom. The number of halogens is 3. The molecule has 9 heteroatoms. The zero-order valence-electron chi connectivity index (χ0n) is 14.5. The first-order chi connectivity index (χ1) is 12.6. The van der Waals surface area contributed by atoms with Gasteiger partial charge in [-0.05, 0) is 17.7 Å². The molecule has 0 saturated carbocycles. The Bertz CT molecular complexity index is 884. The SMILES string of the molecule is CN(Cc1ccccc1)C(=O)CCNS(=O)(=O)c1ccccc1C(F)(F)F. The average Bonchev–Trinajstić information content (AvgIpc) is 2.61. The molecule has 0 radical (unpaired) electrons. The number of carbonyl (C=O) groups is 1. The number of hydrogen-bond acceptors (Lipinski definition) is 3. The van der Waals surface area contributed by atoms with Crippen LogP contribution in [0.5, 0.6) is 0 Å². The van der Waals surface area contributed by atoms with E-state index in [2.05, 4.69) is 4.72 Å². The van der Waals surface area contributed by atoms with Crippen LogP contribution in [0.4, 0.5) is 13.2 Å². The fourth-order valence-corrected chi connectivity index (χ4v) is 3.70. The van der Waals surface area contributed by atoms with E-state index in [0.29, 0.717) is 12.6 Å². The van der Waals surface area contributed by atoms with Crippen molar-refractivity contribution in [2.75, 3.05) is 13.6 Å². The van der Waals surface area contributed by atoms with Crippen molar-refractivity contribution in [1.29, 1.82) is 0 Å². The van der Waals surface area contributed by atoms with Gasteiger partial charge in [0.1, 0.15) is 0 Å². The van der Waals surface area contributed by atoms with E-state index >= 15 is 0 Å². The molecule has 0 unspecified atom stereocenters. The number of nitrogens with one attached hydrogen (secondary N) is 1. The van der Waals surface area contributed by atoms with E-state index in [0.717, 1.165) is 17.7 Å². The molecule has 0 atom stereocenters. The number of amides is 1. The molecule has 0 aromatic heterocycles. The normalized spacial score (nSPS) is 12.0. The summed E-state index contributed by atoms with van der Waals surface area (Å²) in [6.45, 7) is 0.0514. The molecule has 2 aromatic rings. The Hall–Kier alpha value is -2.39. The van der Waals surface area contributed by atoms with Gasteiger partial charge in [0.15, 0.2) is 0 Å². The lowest BCUT2D eigenvalue weighted by Crippen LogP contribution is -2.32. The van der Waals surface area contributed by atoms with Crippen LogP contribution in [0.1, 0.15) is 17.5 Å². The van der Waals surface area contributed by atoms with Gasteiger partial charge in [-0.15, -0.1) is 0 Å². The van der Waals surface area contributed by atoms with Gasteiger partial charge in [-0.3, -0.25) is 4.79 Å². The second-order valence-electron chi connectivity index (χ2n) is 5.88. The number of carbonyl (C=O) groups excluding carboxylic acids is 1. The molecule has 2 aromatic carbocycles. The van der Waals surface area contributed by atoms with Gasteiger partial charge in [0.25, 0.3) is 0 Å². The average molecular weight is 400 g/mol. The van der Waals surface area contributed by atoms with Gasteiger partial charge < -0.3 is 4.90 Å². The first-order valence-electron chi connectivity index (χ1n) is 8.05. The van der Waals surface area contributed by atoms with Gasteiger partial charge in [-0.1, -0.05) is 42.5 Å². The highest BCUT2D eigenvalue weighted by molar-refractivity contribution is 7.89. The molecule has 0 aliphatic rings. The maximum Gasteiger partial charge on any atom is 0.417 e. The van der Waals surface area contributed by atoms with Gasteiger partial charge in [-0.2, -0.15) is 13.2 Å². The summed E-state index contributed by atoms with van der Waals surface area (Å²) in [4.78, 5) is 12.7. The lowest BCUT2D eigenvalue weighted by atomic mass is 10.2. The van der Waals surface area contributed by atoms with Crippen LogP contribution in [-0.2, 0) is 27.5 Å². The molecular weight excluding hydrogens is 381 g/mol. The summed E-state index contributed by atoms with van der Waals surface area (Å²) < 4.78 is 65.4. The molecule has 146 valence electrons. The van der Waals surface area contributed by atoms with E-state index in [9.17, 15) is 26.4 Å². The van der Waals surface area contributed by atoms with E-state index in [1.54, 1.807) is 7.05 Å². The largest absolute Gasteiger partial charge is 0.417 e. The van der Waals surface area contributed by atoms with Gasteiger partial charge in [0.2, 0.25) is 15.9 Å². The van der Waals surface area contributed by atoms with Crippen molar-refractivity contribution in [3.8, 4) is 0 Å². The fraction of sp³-hybridized carbons (Fsp3) is 0.278. The number of rotatable bonds is 7. The number of alkyl halides is 3. The summed E-state index contributed by atoms with van der Waals surface area (Å²) in [6, 6.07) is 13.1. The van der Waals surface area contributed by atoms with Gasteiger partial charge in [0.05, 0.1) is 10.5 Å². The monoisotopic (exact) mass is 400 g/mol. The quantitative estimate of drug-likeness (QED) is 0.777. The highest BCUT2D eigenvalue weighted by atomic mass is 32.2. The maximum atomic E-state index is 13.0. The molecular formula is C18H19F3N2O3S. The van der Waals surface area contributed by atoms with E-state index in [4.69, 9.17) is 0 Å². The van der Waals surface area contributed by atoms with Crippen molar-refractivity contribution < 1.29 is 26.4 Å². The third-order valence-corrected chi connectivity index (χ3v) is 5.32. The predicted molar refractivity (Wildman–Crippen MR) is 94.2 cm³/mol. The molecule has 1 amide bonds. The number of sulfonamides is 1. The number of nitrogens with zero attached hydrogens (tertiary/aromatic N) is 1. The number of hydrogen-bond donors (Lipinski definition) is 1. The summed E-state index contributed by atoms with van der Waals surface area (Å²) in [6.07, 6.45) is -4.96. The standard InChI is InChI=1S/C18H19F3N2O3S/c1-23(13-14-7-3-2-4-8-14)17(24)11-12-22-27(25,26)16-10-6-5-9-15(16)18(19,20)21/h2-10,22H,11-13H2,1H3. The first-order valence-corrected chi connectivity index (χ1v) is 9.53. The summed E-state index contributed by atoms with van der Waals surface area (Å²) in [7, 11) is -2.82. The highest BCUT2D eigenvalue weighted by Gasteiger charge is 2.36. The Balaban J connectivity index is 1.97. The van der Waals surface area contributed by atoms with Crippen LogP contribution in [0, 0.1) is 0 Å². The highest BCUT2D eigenvalue weighted by Crippen LogP contribution is 2.33. The molecule has 2 rings (SSSR count). The van der Waals surface area contributed by atoms with Crippen LogP contribution in [0.15, 0.2) is 59.5 Å². The molecule has 0 saturated heterocycles. The molecule has 0 bridgehead atoms. The molecule has 0 spiro atoms. The van der Waals surface area contributed by atoms with Crippen LogP contribution in [0.2, 0.25) is 0 Å². The van der Waals surface area contributed by atoms with E-state index in [-0.39, 0.29) is 18.9 Å². The summed E-state index contributed by atoms with van der Waals surface area (Å²) >= 11 is 0. The van der Waals surface area contributed by atoms with Gasteiger partial charge in [-0.25, -0.2) is 13.1 Å². The maximum absolute atomic E-state index is 13.0. The Morgan fingerprint density at radius 2 is 1.63 bits per heavy atom. The molecule has 27 heavy (non-hydrogen) atoms. The second-order valence-corrected chi connectivity index (χ2v) is 7.61. The smallest absolute Gasteiger partial charge is 0.341 e. The van der Waals surface area contributed by atoms with Crippen LogP contribution >= 0.6 is 0 Å². The van der Waals surface area contributed by atoms with Crippen molar-refractivity contribution in [1.82, 2.24) is 9.62 Å². The van der Waals surface area contributed by atoms with Crippen molar-refractivity contribution in [2.45, 2.75) is 24.0 Å². The zero-order chi connectivity index (χ0) is 20.1. The van der Waals surface area contributed by atoms with Crippen molar-refractivity contribution in [3.05, 3.63) is 65.7 Å². The topological polar surface area (TPSA) is 66.5 Å². The summed E-state index contributed by atoms with van der Waals surface area (Å²) in [5, 5.41) is 0. The van der Waals surface area contributed by atoms with Crippen LogP contribution in [-0.4, -0.2) is 32.8 Å². The lowest BCUT2D eigenvalue weighted by molar-refractivity contribution is -0.140. The summed E-state index contributed by atoms with van der Waals surface area (Å²) in [5.41, 5.74) is -0.335. The molecule has 0 aliphatic heterocycles. The van der Waals surface area contributed by atoms with Gasteiger partial charge in [0, 0.05) is 26.6 Å². The minimum Gasteiger partial charge on any atom is -0.341 e. The minimum absolute atomic E-state index is 0.170.